The molecular weight excluding hydrogens is 328 g/mol. The molecule has 0 radical (unpaired) electrons. The largest absolute Gasteiger partial charge is 0.385 e. The van der Waals surface area contributed by atoms with Gasteiger partial charge >= 0.3 is 0 Å². The molecule has 1 saturated heterocycles. The van der Waals surface area contributed by atoms with Gasteiger partial charge in [-0.15, -0.1) is 0 Å². The number of likely N-dealkylation sites (tertiary alicyclic amines) is 1. The molecular formula is C20H30N4O2. The smallest absolute Gasteiger partial charge is 0.255 e. The molecule has 1 fully saturated rings. The Labute approximate surface area is 155 Å². The quantitative estimate of drug-likeness (QED) is 0.746. The van der Waals surface area contributed by atoms with Gasteiger partial charge in [-0.25, -0.2) is 4.98 Å². The molecule has 26 heavy (non-hydrogen) atoms. The molecule has 142 valence electrons. The summed E-state index contributed by atoms with van der Waals surface area (Å²) in [7, 11) is 1.72. The van der Waals surface area contributed by atoms with Crippen LogP contribution in [0, 0.1) is 27.7 Å². The average molecular weight is 358 g/mol. The van der Waals surface area contributed by atoms with Crippen LogP contribution in [0.4, 0.5) is 0 Å². The van der Waals surface area contributed by atoms with Crippen LogP contribution in [0.15, 0.2) is 12.3 Å². The third kappa shape index (κ3) is 3.43. The van der Waals surface area contributed by atoms with E-state index in [9.17, 15) is 4.79 Å². The Hall–Kier alpha value is -2.08. The van der Waals surface area contributed by atoms with E-state index in [1.165, 1.54) is 0 Å². The zero-order chi connectivity index (χ0) is 18.8. The van der Waals surface area contributed by atoms with E-state index in [2.05, 4.69) is 28.0 Å². The van der Waals surface area contributed by atoms with Gasteiger partial charge in [0.15, 0.2) is 0 Å². The molecule has 3 rings (SSSR count). The molecule has 0 N–H and O–H groups in total. The van der Waals surface area contributed by atoms with Gasteiger partial charge in [0.25, 0.3) is 5.91 Å². The standard InChI is InChI=1S/C20H30N4O2/c1-14-11-19(16(3)23(14)8-6-10-26-5)20(25)22-9-7-18(13-22)24-15(2)12-21-17(24)4/h11-12,18H,6-10,13H2,1-5H3. The maximum Gasteiger partial charge on any atom is 0.255 e. The van der Waals surface area contributed by atoms with E-state index in [1.54, 1.807) is 7.11 Å². The third-order valence-corrected chi connectivity index (χ3v) is 5.52. The molecule has 2 aromatic rings. The highest BCUT2D eigenvalue weighted by Crippen LogP contribution is 2.27. The first-order valence-corrected chi connectivity index (χ1v) is 9.39. The average Bonchev–Trinajstić information content (AvgIpc) is 3.28. The van der Waals surface area contributed by atoms with Gasteiger partial charge in [0.1, 0.15) is 5.82 Å². The predicted molar refractivity (Wildman–Crippen MR) is 102 cm³/mol. The zero-order valence-corrected chi connectivity index (χ0v) is 16.6. The molecule has 0 saturated carbocycles. The van der Waals surface area contributed by atoms with Gasteiger partial charge in [0.2, 0.25) is 0 Å². The fourth-order valence-corrected chi connectivity index (χ4v) is 4.15. The Bertz CT molecular complexity index is 771. The third-order valence-electron chi connectivity index (χ3n) is 5.52. The molecule has 0 aliphatic carbocycles. The van der Waals surface area contributed by atoms with Crippen LogP contribution in [0.2, 0.25) is 0 Å². The van der Waals surface area contributed by atoms with Crippen LogP contribution in [-0.2, 0) is 11.3 Å². The molecule has 1 amide bonds. The number of imidazole rings is 1. The van der Waals surface area contributed by atoms with Crippen molar-refractivity contribution in [2.45, 2.75) is 53.1 Å². The van der Waals surface area contributed by atoms with Crippen LogP contribution in [-0.4, -0.2) is 51.7 Å². The summed E-state index contributed by atoms with van der Waals surface area (Å²) in [6.45, 7) is 11.4. The maximum absolute atomic E-state index is 13.1. The molecule has 6 nitrogen and oxygen atoms in total. The van der Waals surface area contributed by atoms with E-state index in [0.717, 1.165) is 67.6 Å². The highest BCUT2D eigenvalue weighted by atomic mass is 16.5. The van der Waals surface area contributed by atoms with Crippen LogP contribution in [0.5, 0.6) is 0 Å². The predicted octanol–water partition coefficient (Wildman–Crippen LogP) is 3.04. The Morgan fingerprint density at radius 3 is 2.69 bits per heavy atom. The lowest BCUT2D eigenvalue weighted by molar-refractivity contribution is 0.0786. The maximum atomic E-state index is 13.1. The number of amides is 1. The first-order chi connectivity index (χ1) is 12.4. The Morgan fingerprint density at radius 1 is 1.27 bits per heavy atom. The Morgan fingerprint density at radius 2 is 2.04 bits per heavy atom. The lowest BCUT2D eigenvalue weighted by atomic mass is 10.2. The van der Waals surface area contributed by atoms with Crippen molar-refractivity contribution in [1.82, 2.24) is 19.0 Å². The summed E-state index contributed by atoms with van der Waals surface area (Å²) in [5.41, 5.74) is 4.19. The molecule has 0 bridgehead atoms. The summed E-state index contributed by atoms with van der Waals surface area (Å²) in [4.78, 5) is 19.5. The minimum atomic E-state index is 0.147. The lowest BCUT2D eigenvalue weighted by Crippen LogP contribution is -2.29. The number of aryl methyl sites for hydroxylation is 3. The molecule has 6 heteroatoms. The molecule has 0 spiro atoms. The summed E-state index contributed by atoms with van der Waals surface area (Å²) >= 11 is 0. The Kier molecular flexibility index (Phi) is 5.51. The first kappa shape index (κ1) is 18.7. The van der Waals surface area contributed by atoms with Gasteiger partial charge < -0.3 is 18.8 Å². The second-order valence-electron chi connectivity index (χ2n) is 7.29. The van der Waals surface area contributed by atoms with Crippen molar-refractivity contribution in [3.8, 4) is 0 Å². The van der Waals surface area contributed by atoms with E-state index < -0.39 is 0 Å². The van der Waals surface area contributed by atoms with E-state index in [4.69, 9.17) is 4.74 Å². The minimum Gasteiger partial charge on any atom is -0.385 e. The van der Waals surface area contributed by atoms with Gasteiger partial charge in [0.05, 0.1) is 11.6 Å². The van der Waals surface area contributed by atoms with Crippen LogP contribution < -0.4 is 0 Å². The SMILES string of the molecule is COCCCn1c(C)cc(C(=O)N2CCC(n3c(C)cnc3C)C2)c1C. The number of methoxy groups -OCH3 is 1. The molecule has 1 atom stereocenters. The van der Waals surface area contributed by atoms with E-state index >= 15 is 0 Å². The van der Waals surface area contributed by atoms with Gasteiger partial charge in [-0.05, 0) is 46.6 Å². The van der Waals surface area contributed by atoms with Crippen molar-refractivity contribution in [2.75, 3.05) is 26.8 Å². The summed E-state index contributed by atoms with van der Waals surface area (Å²) < 4.78 is 9.64. The van der Waals surface area contributed by atoms with E-state index in [0.29, 0.717) is 6.04 Å². The summed E-state index contributed by atoms with van der Waals surface area (Å²) in [6, 6.07) is 2.36. The van der Waals surface area contributed by atoms with Crippen molar-refractivity contribution in [3.05, 3.63) is 40.7 Å². The van der Waals surface area contributed by atoms with Crippen LogP contribution >= 0.6 is 0 Å². The second kappa shape index (κ2) is 7.66. The van der Waals surface area contributed by atoms with Crippen molar-refractivity contribution in [1.29, 1.82) is 0 Å². The minimum absolute atomic E-state index is 0.147. The number of ether oxygens (including phenoxy) is 1. The van der Waals surface area contributed by atoms with Crippen LogP contribution in [0.25, 0.3) is 0 Å². The van der Waals surface area contributed by atoms with Crippen molar-refractivity contribution >= 4 is 5.91 Å². The number of hydrogen-bond donors (Lipinski definition) is 0. The highest BCUT2D eigenvalue weighted by Gasteiger charge is 2.30. The first-order valence-electron chi connectivity index (χ1n) is 9.39. The highest BCUT2D eigenvalue weighted by molar-refractivity contribution is 5.96. The van der Waals surface area contributed by atoms with E-state index in [1.807, 2.05) is 31.0 Å². The van der Waals surface area contributed by atoms with E-state index in [-0.39, 0.29) is 5.91 Å². The normalized spacial score (nSPS) is 17.3. The van der Waals surface area contributed by atoms with Crippen LogP contribution in [0.1, 0.15) is 52.1 Å². The van der Waals surface area contributed by atoms with Crippen molar-refractivity contribution in [3.63, 3.8) is 0 Å². The molecule has 2 aromatic heterocycles. The number of carbonyl (C=O) groups excluding carboxylic acids is 1. The fourth-order valence-electron chi connectivity index (χ4n) is 4.15. The van der Waals surface area contributed by atoms with Crippen LogP contribution in [0.3, 0.4) is 0 Å². The molecule has 0 aromatic carbocycles. The number of aromatic nitrogens is 3. The van der Waals surface area contributed by atoms with Gasteiger partial charge in [-0.3, -0.25) is 4.79 Å². The van der Waals surface area contributed by atoms with Crippen molar-refractivity contribution < 1.29 is 9.53 Å². The topological polar surface area (TPSA) is 52.3 Å². The molecule has 1 unspecified atom stereocenters. The number of hydrogen-bond acceptors (Lipinski definition) is 3. The number of carbonyl (C=O) groups is 1. The number of nitrogens with zero attached hydrogens (tertiary/aromatic N) is 4. The van der Waals surface area contributed by atoms with Gasteiger partial charge in [0, 0.05) is 56.6 Å². The Balaban J connectivity index is 1.73. The molecule has 3 heterocycles. The zero-order valence-electron chi connectivity index (χ0n) is 16.6. The second-order valence-corrected chi connectivity index (χ2v) is 7.29. The molecule has 1 aliphatic heterocycles. The fraction of sp³-hybridized carbons (Fsp3) is 0.600. The van der Waals surface area contributed by atoms with Gasteiger partial charge in [-0.1, -0.05) is 0 Å². The summed E-state index contributed by atoms with van der Waals surface area (Å²) in [5.74, 6) is 1.17. The lowest BCUT2D eigenvalue weighted by Gasteiger charge is -2.19. The van der Waals surface area contributed by atoms with Crippen molar-refractivity contribution in [2.24, 2.45) is 0 Å². The van der Waals surface area contributed by atoms with Gasteiger partial charge in [-0.2, -0.15) is 0 Å². The number of rotatable bonds is 6. The molecule has 1 aliphatic rings. The summed E-state index contributed by atoms with van der Waals surface area (Å²) in [6.07, 6.45) is 3.84. The monoisotopic (exact) mass is 358 g/mol. The summed E-state index contributed by atoms with van der Waals surface area (Å²) in [5, 5.41) is 0.